The Morgan fingerprint density at radius 2 is 2.11 bits per heavy atom. The number of nitrogen functional groups attached to an aromatic ring is 1. The SMILES string of the molecule is COc1nc(N)nc(Nc2ccc(I)c(Br)c2)n1. The molecule has 8 heteroatoms. The molecule has 1 aromatic heterocycles. The molecular formula is C10H9BrIN5O. The second kappa shape index (κ2) is 5.65. The molecule has 94 valence electrons. The van der Waals surface area contributed by atoms with Crippen LogP contribution in [0.4, 0.5) is 17.6 Å². The maximum atomic E-state index is 5.55. The van der Waals surface area contributed by atoms with Gasteiger partial charge in [0.15, 0.2) is 0 Å². The molecule has 0 radical (unpaired) electrons. The van der Waals surface area contributed by atoms with Gasteiger partial charge in [0.1, 0.15) is 0 Å². The molecule has 0 saturated carbocycles. The van der Waals surface area contributed by atoms with Gasteiger partial charge >= 0.3 is 6.01 Å². The number of anilines is 3. The topological polar surface area (TPSA) is 86.0 Å². The van der Waals surface area contributed by atoms with Crippen LogP contribution in [0.15, 0.2) is 22.7 Å². The molecular weight excluding hydrogens is 413 g/mol. The normalized spacial score (nSPS) is 10.2. The minimum Gasteiger partial charge on any atom is -0.467 e. The van der Waals surface area contributed by atoms with Gasteiger partial charge in [-0.3, -0.25) is 0 Å². The molecule has 0 amide bonds. The summed E-state index contributed by atoms with van der Waals surface area (Å²) in [7, 11) is 1.47. The molecule has 0 unspecified atom stereocenters. The van der Waals surface area contributed by atoms with Crippen LogP contribution < -0.4 is 15.8 Å². The van der Waals surface area contributed by atoms with E-state index in [-0.39, 0.29) is 12.0 Å². The van der Waals surface area contributed by atoms with Gasteiger partial charge in [0.25, 0.3) is 0 Å². The van der Waals surface area contributed by atoms with E-state index in [0.717, 1.165) is 13.7 Å². The Balaban J connectivity index is 2.27. The zero-order chi connectivity index (χ0) is 13.1. The maximum Gasteiger partial charge on any atom is 0.322 e. The lowest BCUT2D eigenvalue weighted by Crippen LogP contribution is -2.05. The lowest BCUT2D eigenvalue weighted by Gasteiger charge is -2.07. The number of hydrogen-bond donors (Lipinski definition) is 2. The first kappa shape index (κ1) is 13.3. The number of benzene rings is 1. The number of aromatic nitrogens is 3. The number of methoxy groups -OCH3 is 1. The van der Waals surface area contributed by atoms with Crippen molar-refractivity contribution in [1.29, 1.82) is 0 Å². The summed E-state index contributed by atoms with van der Waals surface area (Å²) in [4.78, 5) is 11.8. The fraction of sp³-hybridized carbons (Fsp3) is 0.100. The average Bonchev–Trinajstić information content (AvgIpc) is 2.33. The van der Waals surface area contributed by atoms with Gasteiger partial charge in [0.05, 0.1) is 7.11 Å². The highest BCUT2D eigenvalue weighted by Gasteiger charge is 2.05. The lowest BCUT2D eigenvalue weighted by atomic mass is 10.3. The lowest BCUT2D eigenvalue weighted by molar-refractivity contribution is 0.380. The van der Waals surface area contributed by atoms with Crippen LogP contribution in [0.2, 0.25) is 0 Å². The van der Waals surface area contributed by atoms with Crippen molar-refractivity contribution in [2.75, 3.05) is 18.2 Å². The Morgan fingerprint density at radius 1 is 1.33 bits per heavy atom. The molecule has 0 aliphatic heterocycles. The fourth-order valence-electron chi connectivity index (χ4n) is 1.22. The van der Waals surface area contributed by atoms with E-state index in [0.29, 0.717) is 5.95 Å². The van der Waals surface area contributed by atoms with Crippen LogP contribution in [0.3, 0.4) is 0 Å². The third kappa shape index (κ3) is 3.19. The minimum absolute atomic E-state index is 0.105. The van der Waals surface area contributed by atoms with E-state index in [4.69, 9.17) is 10.5 Å². The van der Waals surface area contributed by atoms with Gasteiger partial charge in [0, 0.05) is 13.7 Å². The van der Waals surface area contributed by atoms with Gasteiger partial charge in [-0.1, -0.05) is 0 Å². The van der Waals surface area contributed by atoms with E-state index < -0.39 is 0 Å². The standard InChI is InChI=1S/C10H9BrIN5O/c1-18-10-16-8(13)15-9(17-10)14-5-2-3-7(12)6(11)4-5/h2-4H,1H3,(H3,13,14,15,16,17). The average molecular weight is 422 g/mol. The van der Waals surface area contributed by atoms with Gasteiger partial charge in [0.2, 0.25) is 11.9 Å². The largest absolute Gasteiger partial charge is 0.467 e. The fourth-order valence-corrected chi connectivity index (χ4v) is 1.94. The molecule has 1 aromatic carbocycles. The zero-order valence-corrected chi connectivity index (χ0v) is 13.1. The number of nitrogens with one attached hydrogen (secondary N) is 1. The Bertz CT molecular complexity index is 580. The van der Waals surface area contributed by atoms with Crippen molar-refractivity contribution in [2.45, 2.75) is 0 Å². The van der Waals surface area contributed by atoms with Crippen molar-refractivity contribution < 1.29 is 4.74 Å². The number of nitrogens with two attached hydrogens (primary N) is 1. The molecule has 6 nitrogen and oxygen atoms in total. The summed E-state index contributed by atoms with van der Waals surface area (Å²) in [5.41, 5.74) is 6.39. The van der Waals surface area contributed by atoms with Gasteiger partial charge < -0.3 is 15.8 Å². The highest BCUT2D eigenvalue weighted by Crippen LogP contribution is 2.24. The minimum atomic E-state index is 0.105. The molecule has 3 N–H and O–H groups in total. The molecule has 2 rings (SSSR count). The summed E-state index contributed by atoms with van der Waals surface area (Å²) < 4.78 is 7.03. The van der Waals surface area contributed by atoms with Crippen LogP contribution in [0, 0.1) is 3.57 Å². The molecule has 0 aliphatic rings. The number of ether oxygens (including phenoxy) is 1. The van der Waals surface area contributed by atoms with Crippen LogP contribution >= 0.6 is 38.5 Å². The van der Waals surface area contributed by atoms with Crippen molar-refractivity contribution in [1.82, 2.24) is 15.0 Å². The summed E-state index contributed by atoms with van der Waals surface area (Å²) in [5.74, 6) is 0.446. The Kier molecular flexibility index (Phi) is 4.17. The van der Waals surface area contributed by atoms with Crippen LogP contribution in [0.5, 0.6) is 6.01 Å². The van der Waals surface area contributed by atoms with Gasteiger partial charge in [-0.05, 0) is 56.7 Å². The predicted molar refractivity (Wildman–Crippen MR) is 80.9 cm³/mol. The summed E-state index contributed by atoms with van der Waals surface area (Å²) in [5, 5.41) is 3.03. The van der Waals surface area contributed by atoms with Gasteiger partial charge in [-0.2, -0.15) is 15.0 Å². The van der Waals surface area contributed by atoms with E-state index in [1.807, 2.05) is 18.2 Å². The van der Waals surface area contributed by atoms with Crippen LogP contribution in [0.25, 0.3) is 0 Å². The second-order valence-electron chi connectivity index (χ2n) is 3.26. The van der Waals surface area contributed by atoms with Crippen LogP contribution in [-0.2, 0) is 0 Å². The summed E-state index contributed by atoms with van der Waals surface area (Å²) >= 11 is 5.68. The monoisotopic (exact) mass is 421 g/mol. The van der Waals surface area contributed by atoms with Crippen molar-refractivity contribution in [2.24, 2.45) is 0 Å². The molecule has 2 aromatic rings. The van der Waals surface area contributed by atoms with Crippen molar-refractivity contribution in [3.8, 4) is 6.01 Å². The molecule has 0 saturated heterocycles. The zero-order valence-electron chi connectivity index (χ0n) is 9.32. The number of rotatable bonds is 3. The predicted octanol–water partition coefficient (Wildman–Crippen LogP) is 2.57. The molecule has 1 heterocycles. The third-order valence-electron chi connectivity index (χ3n) is 1.99. The number of hydrogen-bond acceptors (Lipinski definition) is 6. The van der Waals surface area contributed by atoms with Crippen molar-refractivity contribution in [3.05, 3.63) is 26.2 Å². The Morgan fingerprint density at radius 3 is 2.78 bits per heavy atom. The summed E-state index contributed by atoms with van der Waals surface area (Å²) in [6.45, 7) is 0. The highest BCUT2D eigenvalue weighted by atomic mass is 127. The third-order valence-corrected chi connectivity index (χ3v) is 4.33. The first-order chi connectivity index (χ1) is 8.58. The Labute approximate surface area is 126 Å². The smallest absolute Gasteiger partial charge is 0.322 e. The van der Waals surface area contributed by atoms with E-state index in [9.17, 15) is 0 Å². The van der Waals surface area contributed by atoms with Gasteiger partial charge in [-0.25, -0.2) is 0 Å². The van der Waals surface area contributed by atoms with E-state index in [2.05, 4.69) is 58.8 Å². The molecule has 0 spiro atoms. The first-order valence-corrected chi connectivity index (χ1v) is 6.73. The molecule has 0 atom stereocenters. The van der Waals surface area contributed by atoms with Crippen molar-refractivity contribution in [3.63, 3.8) is 0 Å². The summed E-state index contributed by atoms with van der Waals surface area (Å²) in [6, 6.07) is 5.98. The maximum absolute atomic E-state index is 5.55. The molecule has 0 bridgehead atoms. The van der Waals surface area contributed by atoms with E-state index in [1.54, 1.807) is 0 Å². The van der Waals surface area contributed by atoms with Crippen LogP contribution in [0.1, 0.15) is 0 Å². The molecule has 18 heavy (non-hydrogen) atoms. The Hall–Kier alpha value is -1.16. The van der Waals surface area contributed by atoms with Crippen LogP contribution in [-0.4, -0.2) is 22.1 Å². The summed E-state index contributed by atoms with van der Waals surface area (Å²) in [6.07, 6.45) is 0. The first-order valence-electron chi connectivity index (χ1n) is 4.86. The van der Waals surface area contributed by atoms with E-state index >= 15 is 0 Å². The van der Waals surface area contributed by atoms with E-state index in [1.165, 1.54) is 7.11 Å². The highest BCUT2D eigenvalue weighted by molar-refractivity contribution is 14.1. The van der Waals surface area contributed by atoms with Crippen molar-refractivity contribution >= 4 is 56.1 Å². The second-order valence-corrected chi connectivity index (χ2v) is 5.27. The van der Waals surface area contributed by atoms with Gasteiger partial charge in [-0.15, -0.1) is 0 Å². The quantitative estimate of drug-likeness (QED) is 0.741. The number of halogens is 2. The molecule has 0 aliphatic carbocycles. The molecule has 0 fully saturated rings. The number of nitrogens with zero attached hydrogens (tertiary/aromatic N) is 3.